The van der Waals surface area contributed by atoms with Crippen LogP contribution in [0.15, 0.2) is 24.3 Å². The minimum absolute atomic E-state index is 0.0234. The van der Waals surface area contributed by atoms with E-state index in [-0.39, 0.29) is 18.4 Å². The Morgan fingerprint density at radius 1 is 1.11 bits per heavy atom. The molecule has 0 saturated heterocycles. The van der Waals surface area contributed by atoms with Crippen LogP contribution in [0.25, 0.3) is 0 Å². The number of benzene rings is 1. The topological polar surface area (TPSA) is 79.5 Å². The predicted molar refractivity (Wildman–Crippen MR) is 73.2 cm³/mol. The molecular formula is C13H19N3O3. The molecule has 0 spiro atoms. The van der Waals surface area contributed by atoms with E-state index in [0.717, 1.165) is 0 Å². The smallest absolute Gasteiger partial charge is 0.257 e. The molecule has 19 heavy (non-hydrogen) atoms. The summed E-state index contributed by atoms with van der Waals surface area (Å²) in [6.45, 7) is 0.615. The van der Waals surface area contributed by atoms with Crippen molar-refractivity contribution >= 4 is 17.5 Å². The molecule has 104 valence electrons. The third-order valence-electron chi connectivity index (χ3n) is 2.39. The van der Waals surface area contributed by atoms with Gasteiger partial charge in [0.15, 0.2) is 6.61 Å². The molecule has 0 aromatic heterocycles. The molecule has 6 heteroatoms. The van der Waals surface area contributed by atoms with Crippen molar-refractivity contribution in [1.82, 2.24) is 10.6 Å². The maximum atomic E-state index is 11.5. The first-order valence-corrected chi connectivity index (χ1v) is 6.03. The average molecular weight is 265 g/mol. The zero-order valence-electron chi connectivity index (χ0n) is 11.2. The SMILES string of the molecule is CNCCC(=O)Nc1ccc(OCC(=O)NC)cc1. The number of anilines is 1. The highest BCUT2D eigenvalue weighted by molar-refractivity contribution is 5.90. The maximum absolute atomic E-state index is 11.5. The van der Waals surface area contributed by atoms with Gasteiger partial charge in [0.05, 0.1) is 0 Å². The van der Waals surface area contributed by atoms with Crippen LogP contribution in [-0.2, 0) is 9.59 Å². The molecule has 0 aliphatic rings. The fourth-order valence-corrected chi connectivity index (χ4v) is 1.32. The first-order chi connectivity index (χ1) is 9.15. The van der Waals surface area contributed by atoms with Crippen LogP contribution in [0.1, 0.15) is 6.42 Å². The Morgan fingerprint density at radius 2 is 1.79 bits per heavy atom. The Balaban J connectivity index is 2.43. The van der Waals surface area contributed by atoms with Crippen LogP contribution in [-0.4, -0.2) is 39.1 Å². The fraction of sp³-hybridized carbons (Fsp3) is 0.385. The first kappa shape index (κ1) is 15.0. The molecule has 0 aliphatic carbocycles. The van der Waals surface area contributed by atoms with Crippen molar-refractivity contribution < 1.29 is 14.3 Å². The largest absolute Gasteiger partial charge is 0.484 e. The molecule has 0 fully saturated rings. The van der Waals surface area contributed by atoms with Gasteiger partial charge in [-0.05, 0) is 31.3 Å². The van der Waals surface area contributed by atoms with Crippen molar-refractivity contribution in [3.8, 4) is 5.75 Å². The van der Waals surface area contributed by atoms with Crippen LogP contribution in [0.5, 0.6) is 5.75 Å². The fourth-order valence-electron chi connectivity index (χ4n) is 1.32. The lowest BCUT2D eigenvalue weighted by atomic mass is 10.3. The molecule has 0 heterocycles. The number of amides is 2. The minimum atomic E-state index is -0.190. The quantitative estimate of drug-likeness (QED) is 0.665. The summed E-state index contributed by atoms with van der Waals surface area (Å²) in [4.78, 5) is 22.5. The maximum Gasteiger partial charge on any atom is 0.257 e. The van der Waals surface area contributed by atoms with Crippen molar-refractivity contribution in [1.29, 1.82) is 0 Å². The van der Waals surface area contributed by atoms with Crippen molar-refractivity contribution in [3.63, 3.8) is 0 Å². The number of likely N-dealkylation sites (N-methyl/N-ethyl adjacent to an activating group) is 1. The highest BCUT2D eigenvalue weighted by Gasteiger charge is 2.03. The highest BCUT2D eigenvalue weighted by atomic mass is 16.5. The molecule has 0 bridgehead atoms. The molecule has 3 N–H and O–H groups in total. The van der Waals surface area contributed by atoms with Gasteiger partial charge in [0.2, 0.25) is 5.91 Å². The lowest BCUT2D eigenvalue weighted by Crippen LogP contribution is -2.24. The Kier molecular flexibility index (Phi) is 6.38. The number of carbonyl (C=O) groups is 2. The van der Waals surface area contributed by atoms with Crippen molar-refractivity contribution in [2.24, 2.45) is 0 Å². The Morgan fingerprint density at radius 3 is 2.37 bits per heavy atom. The molecule has 0 atom stereocenters. The lowest BCUT2D eigenvalue weighted by Gasteiger charge is -2.07. The summed E-state index contributed by atoms with van der Waals surface area (Å²) in [5.74, 6) is 0.342. The van der Waals surface area contributed by atoms with Gasteiger partial charge in [0.1, 0.15) is 5.75 Å². The zero-order valence-corrected chi connectivity index (χ0v) is 11.2. The van der Waals surface area contributed by atoms with E-state index in [1.807, 2.05) is 0 Å². The van der Waals surface area contributed by atoms with Crippen LogP contribution in [0.4, 0.5) is 5.69 Å². The number of ether oxygens (including phenoxy) is 1. The van der Waals surface area contributed by atoms with E-state index in [0.29, 0.717) is 24.4 Å². The number of carbonyl (C=O) groups excluding carboxylic acids is 2. The van der Waals surface area contributed by atoms with Gasteiger partial charge in [-0.1, -0.05) is 0 Å². The summed E-state index contributed by atoms with van der Waals surface area (Å²) in [5.41, 5.74) is 0.702. The van der Waals surface area contributed by atoms with E-state index in [1.54, 1.807) is 38.4 Å². The summed E-state index contributed by atoms with van der Waals surface area (Å²) < 4.78 is 5.25. The van der Waals surface area contributed by atoms with Gasteiger partial charge in [-0.3, -0.25) is 9.59 Å². The molecule has 0 saturated carbocycles. The van der Waals surface area contributed by atoms with E-state index in [4.69, 9.17) is 4.74 Å². The summed E-state index contributed by atoms with van der Waals surface area (Å²) >= 11 is 0. The van der Waals surface area contributed by atoms with Crippen LogP contribution in [0.3, 0.4) is 0 Å². The first-order valence-electron chi connectivity index (χ1n) is 6.03. The van der Waals surface area contributed by atoms with Crippen molar-refractivity contribution in [3.05, 3.63) is 24.3 Å². The molecule has 6 nitrogen and oxygen atoms in total. The molecule has 0 aliphatic heterocycles. The molecule has 1 aromatic carbocycles. The van der Waals surface area contributed by atoms with E-state index < -0.39 is 0 Å². The Bertz CT molecular complexity index is 418. The van der Waals surface area contributed by atoms with E-state index in [2.05, 4.69) is 16.0 Å². The monoisotopic (exact) mass is 265 g/mol. The third kappa shape index (κ3) is 5.87. The second-order valence-corrected chi connectivity index (χ2v) is 3.89. The zero-order chi connectivity index (χ0) is 14.1. The molecule has 1 aromatic rings. The van der Waals surface area contributed by atoms with Gasteiger partial charge >= 0.3 is 0 Å². The van der Waals surface area contributed by atoms with Gasteiger partial charge in [0, 0.05) is 25.7 Å². The summed E-state index contributed by atoms with van der Waals surface area (Å²) in [7, 11) is 3.35. The standard InChI is InChI=1S/C13H19N3O3/c1-14-8-7-12(17)16-10-3-5-11(6-4-10)19-9-13(18)15-2/h3-6,14H,7-9H2,1-2H3,(H,15,18)(H,16,17). The normalized spacial score (nSPS) is 9.79. The molecule has 0 unspecified atom stereocenters. The van der Waals surface area contributed by atoms with Gasteiger partial charge in [-0.25, -0.2) is 0 Å². The van der Waals surface area contributed by atoms with Crippen molar-refractivity contribution in [2.75, 3.05) is 32.6 Å². The van der Waals surface area contributed by atoms with Gasteiger partial charge in [-0.2, -0.15) is 0 Å². The van der Waals surface area contributed by atoms with Gasteiger partial charge in [0.25, 0.3) is 5.91 Å². The molecule has 1 rings (SSSR count). The second-order valence-electron chi connectivity index (χ2n) is 3.89. The minimum Gasteiger partial charge on any atom is -0.484 e. The van der Waals surface area contributed by atoms with E-state index in [1.165, 1.54) is 0 Å². The molecular weight excluding hydrogens is 246 g/mol. The van der Waals surface area contributed by atoms with Crippen molar-refractivity contribution in [2.45, 2.75) is 6.42 Å². The lowest BCUT2D eigenvalue weighted by molar-refractivity contribution is -0.122. The second kappa shape index (κ2) is 8.10. The van der Waals surface area contributed by atoms with Crippen LogP contribution < -0.4 is 20.7 Å². The van der Waals surface area contributed by atoms with Crippen LogP contribution in [0, 0.1) is 0 Å². The molecule has 2 amide bonds. The van der Waals surface area contributed by atoms with E-state index in [9.17, 15) is 9.59 Å². The Hall–Kier alpha value is -2.08. The summed E-state index contributed by atoms with van der Waals surface area (Å²) in [6.07, 6.45) is 0.422. The number of rotatable bonds is 7. The van der Waals surface area contributed by atoms with Gasteiger partial charge in [-0.15, -0.1) is 0 Å². The van der Waals surface area contributed by atoms with Gasteiger partial charge < -0.3 is 20.7 Å². The third-order valence-corrected chi connectivity index (χ3v) is 2.39. The highest BCUT2D eigenvalue weighted by Crippen LogP contribution is 2.15. The predicted octanol–water partition coefficient (Wildman–Crippen LogP) is 0.359. The summed E-state index contributed by atoms with van der Waals surface area (Å²) in [5, 5.41) is 8.14. The number of nitrogens with one attached hydrogen (secondary N) is 3. The average Bonchev–Trinajstić information content (AvgIpc) is 2.44. The van der Waals surface area contributed by atoms with Crippen LogP contribution in [0.2, 0.25) is 0 Å². The Labute approximate surface area is 112 Å². The van der Waals surface area contributed by atoms with E-state index >= 15 is 0 Å². The molecule has 0 radical (unpaired) electrons. The number of hydrogen-bond donors (Lipinski definition) is 3. The summed E-state index contributed by atoms with van der Waals surface area (Å²) in [6, 6.07) is 6.88. The number of hydrogen-bond acceptors (Lipinski definition) is 4. The van der Waals surface area contributed by atoms with Crippen LogP contribution >= 0.6 is 0 Å².